The Morgan fingerprint density at radius 1 is 1.21 bits per heavy atom. The van der Waals surface area contributed by atoms with Crippen molar-refractivity contribution in [2.24, 2.45) is 0 Å². The van der Waals surface area contributed by atoms with E-state index in [9.17, 15) is 14.9 Å². The van der Waals surface area contributed by atoms with Gasteiger partial charge in [0.2, 0.25) is 5.91 Å². The number of carbonyl (C=O) groups excluding carboxylic acids is 1. The van der Waals surface area contributed by atoms with Crippen molar-refractivity contribution in [1.29, 1.82) is 0 Å². The summed E-state index contributed by atoms with van der Waals surface area (Å²) >= 11 is 1.33. The number of hydrogen-bond donors (Lipinski definition) is 1. The minimum absolute atomic E-state index is 0.00637. The van der Waals surface area contributed by atoms with Crippen LogP contribution in [0.4, 0.5) is 10.8 Å². The summed E-state index contributed by atoms with van der Waals surface area (Å²) in [5, 5.41) is 15.7. The fraction of sp³-hybridized carbons (Fsp3) is 0.143. The molecule has 1 aromatic heterocycles. The first kappa shape index (κ1) is 20.2. The molecule has 0 bridgehead atoms. The number of anilines is 1. The van der Waals surface area contributed by atoms with Crippen molar-refractivity contribution in [3.05, 3.63) is 75.7 Å². The molecule has 0 spiro atoms. The molecular formula is C21H19N3O4S. The predicted molar refractivity (Wildman–Crippen MR) is 114 cm³/mol. The molecule has 8 heteroatoms. The lowest BCUT2D eigenvalue weighted by atomic mass is 10.2. The van der Waals surface area contributed by atoms with Crippen LogP contribution in [0.25, 0.3) is 17.3 Å². The Balaban J connectivity index is 1.59. The Morgan fingerprint density at radius 3 is 2.59 bits per heavy atom. The molecule has 0 radical (unpaired) electrons. The molecule has 0 unspecified atom stereocenters. The van der Waals surface area contributed by atoms with E-state index in [-0.39, 0.29) is 11.6 Å². The zero-order valence-corrected chi connectivity index (χ0v) is 16.5. The van der Waals surface area contributed by atoms with Crippen LogP contribution in [0, 0.1) is 10.1 Å². The van der Waals surface area contributed by atoms with E-state index in [0.29, 0.717) is 17.3 Å². The van der Waals surface area contributed by atoms with E-state index >= 15 is 0 Å². The van der Waals surface area contributed by atoms with E-state index in [1.54, 1.807) is 18.2 Å². The van der Waals surface area contributed by atoms with Crippen LogP contribution in [0.2, 0.25) is 0 Å². The number of thiazole rings is 1. The number of nitrogens with one attached hydrogen (secondary N) is 1. The van der Waals surface area contributed by atoms with Crippen LogP contribution in [0.5, 0.6) is 5.75 Å². The summed E-state index contributed by atoms with van der Waals surface area (Å²) in [6.07, 6.45) is 3.90. The van der Waals surface area contributed by atoms with Gasteiger partial charge in [0.25, 0.3) is 5.69 Å². The normalized spacial score (nSPS) is 10.8. The van der Waals surface area contributed by atoms with Crippen molar-refractivity contribution in [2.45, 2.75) is 13.3 Å². The van der Waals surface area contributed by atoms with Crippen LogP contribution in [0.1, 0.15) is 18.9 Å². The number of nitro benzene ring substituents is 1. The van der Waals surface area contributed by atoms with Crippen LogP contribution in [-0.4, -0.2) is 22.4 Å². The molecule has 1 heterocycles. The van der Waals surface area contributed by atoms with Crippen LogP contribution in [0.3, 0.4) is 0 Å². The standard InChI is InChI=1S/C21H19N3O4S/c1-2-13-28-18-10-6-16(7-11-18)19-14-29-21(22-19)23-20(25)12-5-15-3-8-17(9-4-15)24(26)27/h3-12,14H,2,13H2,1H3,(H,22,23,25). The fourth-order valence-electron chi connectivity index (χ4n) is 2.43. The van der Waals surface area contributed by atoms with Gasteiger partial charge in [-0.25, -0.2) is 4.98 Å². The molecule has 29 heavy (non-hydrogen) atoms. The van der Waals surface area contributed by atoms with E-state index in [0.717, 1.165) is 23.4 Å². The molecule has 0 aliphatic heterocycles. The van der Waals surface area contributed by atoms with E-state index in [1.807, 2.05) is 29.6 Å². The number of ether oxygens (including phenoxy) is 1. The van der Waals surface area contributed by atoms with E-state index in [1.165, 1.54) is 29.5 Å². The topological polar surface area (TPSA) is 94.4 Å². The average Bonchev–Trinajstić information content (AvgIpc) is 3.19. The first-order chi connectivity index (χ1) is 14.0. The third-order valence-corrected chi connectivity index (χ3v) is 4.65. The molecule has 0 saturated carbocycles. The second-order valence-electron chi connectivity index (χ2n) is 6.08. The number of benzene rings is 2. The van der Waals surface area contributed by atoms with Gasteiger partial charge in [-0.05, 0) is 54.5 Å². The van der Waals surface area contributed by atoms with Crippen molar-refractivity contribution in [1.82, 2.24) is 4.98 Å². The van der Waals surface area contributed by atoms with Gasteiger partial charge >= 0.3 is 0 Å². The number of aromatic nitrogens is 1. The maximum absolute atomic E-state index is 12.1. The van der Waals surface area contributed by atoms with Crippen LogP contribution >= 0.6 is 11.3 Å². The molecule has 3 aromatic rings. The van der Waals surface area contributed by atoms with Crippen LogP contribution in [-0.2, 0) is 4.79 Å². The quantitative estimate of drug-likeness (QED) is 0.315. The molecule has 0 fully saturated rings. The Morgan fingerprint density at radius 2 is 1.93 bits per heavy atom. The molecule has 1 amide bonds. The minimum Gasteiger partial charge on any atom is -0.494 e. The lowest BCUT2D eigenvalue weighted by Gasteiger charge is -2.04. The highest BCUT2D eigenvalue weighted by Gasteiger charge is 2.07. The van der Waals surface area contributed by atoms with Crippen LogP contribution in [0.15, 0.2) is 60.0 Å². The highest BCUT2D eigenvalue weighted by molar-refractivity contribution is 7.14. The van der Waals surface area contributed by atoms with E-state index in [4.69, 9.17) is 4.74 Å². The maximum Gasteiger partial charge on any atom is 0.269 e. The highest BCUT2D eigenvalue weighted by Crippen LogP contribution is 2.26. The summed E-state index contributed by atoms with van der Waals surface area (Å²) in [6, 6.07) is 13.6. The van der Waals surface area contributed by atoms with Gasteiger partial charge in [0.05, 0.1) is 17.2 Å². The van der Waals surface area contributed by atoms with E-state index in [2.05, 4.69) is 17.2 Å². The lowest BCUT2D eigenvalue weighted by Crippen LogP contribution is -2.07. The minimum atomic E-state index is -0.466. The monoisotopic (exact) mass is 409 g/mol. The number of amides is 1. The van der Waals surface area contributed by atoms with Gasteiger partial charge in [0, 0.05) is 29.2 Å². The molecule has 1 N–H and O–H groups in total. The molecule has 0 aliphatic rings. The van der Waals surface area contributed by atoms with Gasteiger partial charge in [-0.1, -0.05) is 6.92 Å². The molecule has 7 nitrogen and oxygen atoms in total. The summed E-state index contributed by atoms with van der Waals surface area (Å²) in [7, 11) is 0. The number of non-ortho nitro benzene ring substituents is 1. The largest absolute Gasteiger partial charge is 0.494 e. The number of nitrogens with zero attached hydrogens (tertiary/aromatic N) is 2. The van der Waals surface area contributed by atoms with Gasteiger partial charge in [-0.2, -0.15) is 0 Å². The third-order valence-electron chi connectivity index (χ3n) is 3.89. The average molecular weight is 409 g/mol. The van der Waals surface area contributed by atoms with Crippen molar-refractivity contribution in [3.8, 4) is 17.0 Å². The Hall–Kier alpha value is -3.52. The van der Waals surface area contributed by atoms with E-state index < -0.39 is 4.92 Å². The highest BCUT2D eigenvalue weighted by atomic mass is 32.1. The number of nitro groups is 1. The fourth-order valence-corrected chi connectivity index (χ4v) is 3.15. The van der Waals surface area contributed by atoms with Gasteiger partial charge in [0.1, 0.15) is 5.75 Å². The van der Waals surface area contributed by atoms with Crippen LogP contribution < -0.4 is 10.1 Å². The first-order valence-electron chi connectivity index (χ1n) is 8.97. The zero-order chi connectivity index (χ0) is 20.6. The summed E-state index contributed by atoms with van der Waals surface area (Å²) in [5.41, 5.74) is 2.40. The first-order valence-corrected chi connectivity index (χ1v) is 9.85. The number of hydrogen-bond acceptors (Lipinski definition) is 6. The molecule has 0 saturated heterocycles. The van der Waals surface area contributed by atoms with Crippen molar-refractivity contribution in [2.75, 3.05) is 11.9 Å². The second kappa shape index (κ2) is 9.61. The lowest BCUT2D eigenvalue weighted by molar-refractivity contribution is -0.384. The molecule has 148 valence electrons. The Labute approximate surface area is 171 Å². The molecule has 2 aromatic carbocycles. The molecule has 0 aliphatic carbocycles. The number of rotatable bonds is 8. The van der Waals surface area contributed by atoms with Crippen molar-refractivity contribution < 1.29 is 14.5 Å². The molecular weight excluding hydrogens is 390 g/mol. The predicted octanol–water partition coefficient (Wildman–Crippen LogP) is 5.16. The smallest absolute Gasteiger partial charge is 0.269 e. The van der Waals surface area contributed by atoms with Crippen molar-refractivity contribution in [3.63, 3.8) is 0 Å². The number of carbonyl (C=O) groups is 1. The summed E-state index contributed by atoms with van der Waals surface area (Å²) in [6.45, 7) is 2.74. The van der Waals surface area contributed by atoms with Gasteiger partial charge in [-0.3, -0.25) is 20.2 Å². The third kappa shape index (κ3) is 5.73. The summed E-state index contributed by atoms with van der Waals surface area (Å²) in [4.78, 5) is 26.7. The SMILES string of the molecule is CCCOc1ccc(-c2csc(NC(=O)C=Cc3ccc([N+](=O)[O-])cc3)n2)cc1. The van der Waals surface area contributed by atoms with Gasteiger partial charge < -0.3 is 4.74 Å². The Bertz CT molecular complexity index is 1010. The van der Waals surface area contributed by atoms with Gasteiger partial charge in [0.15, 0.2) is 5.13 Å². The van der Waals surface area contributed by atoms with Gasteiger partial charge in [-0.15, -0.1) is 11.3 Å². The Kier molecular flexibility index (Phi) is 6.70. The summed E-state index contributed by atoms with van der Waals surface area (Å²) in [5.74, 6) is 0.489. The second-order valence-corrected chi connectivity index (χ2v) is 6.94. The summed E-state index contributed by atoms with van der Waals surface area (Å²) < 4.78 is 5.57. The zero-order valence-electron chi connectivity index (χ0n) is 15.7. The maximum atomic E-state index is 12.1. The van der Waals surface area contributed by atoms with Crippen molar-refractivity contribution >= 4 is 34.1 Å². The molecule has 0 atom stereocenters. The molecule has 3 rings (SSSR count).